The number of rotatable bonds is 69. The van der Waals surface area contributed by atoms with Gasteiger partial charge in [-0.3, -0.25) is 14.2 Å². The number of carbonyl (C=O) groups excluding carboxylic acids is 2. The average Bonchev–Trinajstić information content (AvgIpc) is 1.97. The van der Waals surface area contributed by atoms with Crippen molar-refractivity contribution in [1.29, 1.82) is 0 Å². The van der Waals surface area contributed by atoms with Crippen molar-refractivity contribution in [2.45, 2.75) is 302 Å². The topological polar surface area (TPSA) is 111 Å². The zero-order chi connectivity index (χ0) is 69.7. The Morgan fingerprint density at radius 2 is 0.562 bits per heavy atom. The molecule has 0 heterocycles. The number of ether oxygens (including phenoxy) is 2. The van der Waals surface area contributed by atoms with Crippen molar-refractivity contribution in [3.05, 3.63) is 182 Å². The van der Waals surface area contributed by atoms with Crippen LogP contribution in [0.25, 0.3) is 0 Å². The molecule has 0 aliphatic heterocycles. The standard InChI is InChI=1S/C86H142NO8P/c1-6-8-10-12-14-16-18-20-22-24-26-28-30-32-34-36-38-39-40-41-42-43-44-45-46-47-49-50-52-54-56-58-60-62-64-66-68-70-72-74-76-78-85(88)92-82-84(83-94-96(90,91)93-81-80-87(3,4)5)95-86(89)79-77-75-73-71-69-67-65-63-61-59-57-55-53-51-48-37-35-33-31-29-27-25-23-21-19-17-15-13-11-9-7-2/h8-11,14-17,20-23,26-29,32-35,38-39,41-42,48,51,55,57,61,63,84H,6-7,12-13,18-19,24-25,30-31,36-37,40,43-47,49-50,52-54,56,58-60,62,64-83H2,1-5H3/b10-8-,11-9-,16-14-,17-15-,22-20-,23-21-,28-26-,29-27-,34-32-,35-33-,39-38-,42-41-,51-48-,57-55-,63-61-. The third-order valence-corrected chi connectivity index (χ3v) is 16.9. The van der Waals surface area contributed by atoms with E-state index in [1.54, 1.807) is 0 Å². The van der Waals surface area contributed by atoms with Crippen molar-refractivity contribution in [2.75, 3.05) is 47.5 Å². The lowest BCUT2D eigenvalue weighted by molar-refractivity contribution is -0.870. The van der Waals surface area contributed by atoms with Crippen molar-refractivity contribution in [3.8, 4) is 0 Å². The molecule has 0 fully saturated rings. The molecule has 0 N–H and O–H groups in total. The molecule has 0 saturated carbocycles. The minimum Gasteiger partial charge on any atom is -0.756 e. The number of unbranched alkanes of at least 4 members (excludes halogenated alkanes) is 25. The highest BCUT2D eigenvalue weighted by Crippen LogP contribution is 2.38. The number of esters is 2. The number of allylic oxidation sites excluding steroid dienone is 30. The Morgan fingerprint density at radius 1 is 0.323 bits per heavy atom. The Balaban J connectivity index is 4.04. The molecule has 0 aromatic heterocycles. The van der Waals surface area contributed by atoms with Crippen LogP contribution in [0.15, 0.2) is 182 Å². The van der Waals surface area contributed by atoms with E-state index in [2.05, 4.69) is 196 Å². The van der Waals surface area contributed by atoms with Crippen molar-refractivity contribution in [2.24, 2.45) is 0 Å². The van der Waals surface area contributed by atoms with Crippen LogP contribution in [0, 0.1) is 0 Å². The van der Waals surface area contributed by atoms with Crippen LogP contribution in [-0.4, -0.2) is 70.0 Å². The Labute approximate surface area is 591 Å². The van der Waals surface area contributed by atoms with Gasteiger partial charge in [0, 0.05) is 12.8 Å². The molecule has 2 atom stereocenters. The van der Waals surface area contributed by atoms with E-state index < -0.39 is 26.5 Å². The molecule has 0 aromatic carbocycles. The molecule has 96 heavy (non-hydrogen) atoms. The number of hydrogen-bond donors (Lipinski definition) is 0. The van der Waals surface area contributed by atoms with E-state index in [-0.39, 0.29) is 32.0 Å². The van der Waals surface area contributed by atoms with Gasteiger partial charge in [0.2, 0.25) is 0 Å². The summed E-state index contributed by atoms with van der Waals surface area (Å²) in [6, 6.07) is 0. The van der Waals surface area contributed by atoms with E-state index in [0.29, 0.717) is 17.4 Å². The molecule has 544 valence electrons. The van der Waals surface area contributed by atoms with E-state index in [0.717, 1.165) is 154 Å². The molecule has 0 aliphatic carbocycles. The van der Waals surface area contributed by atoms with Crippen molar-refractivity contribution < 1.29 is 42.1 Å². The maximum Gasteiger partial charge on any atom is 0.306 e. The quantitative estimate of drug-likeness (QED) is 0.0195. The van der Waals surface area contributed by atoms with Crippen molar-refractivity contribution >= 4 is 19.8 Å². The van der Waals surface area contributed by atoms with Gasteiger partial charge in [0.15, 0.2) is 6.10 Å². The van der Waals surface area contributed by atoms with Crippen LogP contribution in [0.1, 0.15) is 296 Å². The summed E-state index contributed by atoms with van der Waals surface area (Å²) in [5.74, 6) is -0.853. The predicted octanol–water partition coefficient (Wildman–Crippen LogP) is 25.2. The summed E-state index contributed by atoms with van der Waals surface area (Å²) in [4.78, 5) is 38.2. The molecule has 0 bridgehead atoms. The van der Waals surface area contributed by atoms with Crippen LogP contribution < -0.4 is 4.89 Å². The third-order valence-electron chi connectivity index (χ3n) is 15.9. The SMILES string of the molecule is CC/C=C\C/C=C\C/C=C\C/C=C\C/C=C\C/C=C\C/C=C\C/C=C\CCCCCCCCC(=O)OC(COC(=O)CCCCCCCCCCCCCCCCCCCCC/C=C\C/C=C\C/C=C\C/C=C\C/C=C\C/C=C\C/C=C\CC)COP(=O)([O-])OCC[N+](C)(C)C. The Hall–Kier alpha value is -4.89. The van der Waals surface area contributed by atoms with Gasteiger partial charge >= 0.3 is 11.9 Å². The van der Waals surface area contributed by atoms with Crippen LogP contribution in [0.3, 0.4) is 0 Å². The van der Waals surface area contributed by atoms with Crippen molar-refractivity contribution in [1.82, 2.24) is 0 Å². The van der Waals surface area contributed by atoms with Crippen LogP contribution >= 0.6 is 7.82 Å². The summed E-state index contributed by atoms with van der Waals surface area (Å²) < 4.78 is 34.4. The van der Waals surface area contributed by atoms with E-state index in [1.165, 1.54) is 109 Å². The molecule has 0 radical (unpaired) electrons. The van der Waals surface area contributed by atoms with Gasteiger partial charge in [-0.05, 0) is 135 Å². The van der Waals surface area contributed by atoms with Crippen LogP contribution in [0.5, 0.6) is 0 Å². The first-order valence-corrected chi connectivity index (χ1v) is 40.0. The lowest BCUT2D eigenvalue weighted by Gasteiger charge is -2.28. The van der Waals surface area contributed by atoms with Crippen LogP contribution in [-0.2, 0) is 32.7 Å². The highest BCUT2D eigenvalue weighted by Gasteiger charge is 2.22. The number of carbonyl (C=O) groups is 2. The summed E-state index contributed by atoms with van der Waals surface area (Å²) in [7, 11) is 1.14. The first-order valence-electron chi connectivity index (χ1n) is 38.5. The molecule has 10 heteroatoms. The number of nitrogens with zero attached hydrogens (tertiary/aromatic N) is 1. The zero-order valence-electron chi connectivity index (χ0n) is 62.0. The predicted molar refractivity (Wildman–Crippen MR) is 415 cm³/mol. The Morgan fingerprint density at radius 3 is 0.833 bits per heavy atom. The van der Waals surface area contributed by atoms with E-state index in [1.807, 2.05) is 21.1 Å². The molecule has 0 aromatic rings. The molecule has 0 aliphatic rings. The summed E-state index contributed by atoms with van der Waals surface area (Å²) >= 11 is 0. The fraction of sp³-hybridized carbons (Fsp3) is 0.628. The summed E-state index contributed by atoms with van der Waals surface area (Å²) in [5.41, 5.74) is 0. The molecule has 0 rings (SSSR count). The maximum atomic E-state index is 12.9. The molecular formula is C86H142NO8P. The molecule has 0 spiro atoms. The fourth-order valence-electron chi connectivity index (χ4n) is 10.1. The summed E-state index contributed by atoms with van der Waals surface area (Å²) in [6.45, 7) is 3.99. The smallest absolute Gasteiger partial charge is 0.306 e. The largest absolute Gasteiger partial charge is 0.756 e. The second kappa shape index (κ2) is 74.3. The zero-order valence-corrected chi connectivity index (χ0v) is 62.9. The lowest BCUT2D eigenvalue weighted by Crippen LogP contribution is -2.37. The van der Waals surface area contributed by atoms with E-state index in [4.69, 9.17) is 18.5 Å². The second-order valence-electron chi connectivity index (χ2n) is 26.3. The second-order valence-corrected chi connectivity index (χ2v) is 27.7. The lowest BCUT2D eigenvalue weighted by atomic mass is 10.0. The van der Waals surface area contributed by atoms with Crippen LogP contribution in [0.2, 0.25) is 0 Å². The van der Waals surface area contributed by atoms with Crippen LogP contribution in [0.4, 0.5) is 0 Å². The molecule has 2 unspecified atom stereocenters. The highest BCUT2D eigenvalue weighted by atomic mass is 31.2. The first-order chi connectivity index (χ1) is 47.0. The monoisotopic (exact) mass is 1350 g/mol. The maximum absolute atomic E-state index is 12.9. The van der Waals surface area contributed by atoms with Gasteiger partial charge in [-0.1, -0.05) is 331 Å². The van der Waals surface area contributed by atoms with Gasteiger partial charge in [-0.15, -0.1) is 0 Å². The fourth-order valence-corrected chi connectivity index (χ4v) is 10.9. The minimum atomic E-state index is -4.66. The normalized spacial score (nSPS) is 14.1. The third kappa shape index (κ3) is 78.1. The summed E-state index contributed by atoms with van der Waals surface area (Å²) in [6.07, 6.45) is 114. The first kappa shape index (κ1) is 91.1. The molecule has 0 amide bonds. The highest BCUT2D eigenvalue weighted by molar-refractivity contribution is 7.45. The Bertz CT molecular complexity index is 2280. The van der Waals surface area contributed by atoms with Gasteiger partial charge < -0.3 is 27.9 Å². The van der Waals surface area contributed by atoms with E-state index in [9.17, 15) is 19.0 Å². The summed E-state index contributed by atoms with van der Waals surface area (Å²) in [5, 5.41) is 0. The number of phosphoric acid groups is 1. The van der Waals surface area contributed by atoms with E-state index >= 15 is 0 Å². The van der Waals surface area contributed by atoms with Gasteiger partial charge in [-0.25, -0.2) is 0 Å². The van der Waals surface area contributed by atoms with Crippen molar-refractivity contribution in [3.63, 3.8) is 0 Å². The number of hydrogen-bond acceptors (Lipinski definition) is 8. The average molecular weight is 1350 g/mol. The van der Waals surface area contributed by atoms with Gasteiger partial charge in [0.1, 0.15) is 19.8 Å². The van der Waals surface area contributed by atoms with Gasteiger partial charge in [0.25, 0.3) is 7.82 Å². The molecule has 0 saturated heterocycles. The number of phosphoric ester groups is 1. The molecule has 9 nitrogen and oxygen atoms in total. The number of quaternary nitrogens is 1. The Kier molecular flexibility index (Phi) is 70.5. The van der Waals surface area contributed by atoms with Gasteiger partial charge in [-0.2, -0.15) is 0 Å². The minimum absolute atomic E-state index is 0.0416. The number of likely N-dealkylation sites (N-methyl/N-ethyl adjacent to an activating group) is 1. The van der Waals surface area contributed by atoms with Gasteiger partial charge in [0.05, 0.1) is 27.7 Å². The molecular weight excluding hydrogens is 1210 g/mol.